The number of thiocarbonyl (C=S) groups is 1. The molecule has 1 aromatic rings. The lowest BCUT2D eigenvalue weighted by Gasteiger charge is -2.20. The second-order valence-corrected chi connectivity index (χ2v) is 4.72. The normalized spacial score (nSPS) is 19.1. The molecule has 2 rings (SSSR count). The van der Waals surface area contributed by atoms with Gasteiger partial charge in [-0.15, -0.1) is 0 Å². The van der Waals surface area contributed by atoms with Gasteiger partial charge in [-0.05, 0) is 45.1 Å². The molecule has 0 unspecified atom stereocenters. The van der Waals surface area contributed by atoms with E-state index in [1.54, 1.807) is 0 Å². The minimum atomic E-state index is -0.179. The molecule has 1 heterocycles. The van der Waals surface area contributed by atoms with Crippen LogP contribution in [0.4, 0.5) is 5.69 Å². The number of hydrogen-bond donors (Lipinski definition) is 2. The van der Waals surface area contributed by atoms with E-state index in [-0.39, 0.29) is 5.66 Å². The molecule has 0 aliphatic carbocycles. The van der Waals surface area contributed by atoms with Crippen molar-refractivity contribution in [3.8, 4) is 0 Å². The highest BCUT2D eigenvalue weighted by Gasteiger charge is 2.31. The van der Waals surface area contributed by atoms with E-state index in [1.807, 2.05) is 18.9 Å². The maximum absolute atomic E-state index is 5.26. The summed E-state index contributed by atoms with van der Waals surface area (Å²) in [7, 11) is 0. The summed E-state index contributed by atoms with van der Waals surface area (Å²) < 4.78 is 0. The molecular formula is C11H15N3S. The van der Waals surface area contributed by atoms with Gasteiger partial charge < -0.3 is 5.32 Å². The summed E-state index contributed by atoms with van der Waals surface area (Å²) in [4.78, 5) is 0. The van der Waals surface area contributed by atoms with Gasteiger partial charge in [0.05, 0.1) is 5.69 Å². The predicted molar refractivity (Wildman–Crippen MR) is 66.6 cm³/mol. The Kier molecular flexibility index (Phi) is 2.40. The van der Waals surface area contributed by atoms with Gasteiger partial charge in [0.2, 0.25) is 0 Å². The highest BCUT2D eigenvalue weighted by molar-refractivity contribution is 7.80. The molecule has 1 aromatic carbocycles. The third-order valence-electron chi connectivity index (χ3n) is 2.31. The van der Waals surface area contributed by atoms with E-state index in [4.69, 9.17) is 12.2 Å². The maximum Gasteiger partial charge on any atom is 0.189 e. The van der Waals surface area contributed by atoms with Crippen LogP contribution in [0.25, 0.3) is 0 Å². The molecule has 0 saturated carbocycles. The van der Waals surface area contributed by atoms with Crippen molar-refractivity contribution < 1.29 is 0 Å². The van der Waals surface area contributed by atoms with Gasteiger partial charge in [-0.2, -0.15) is 0 Å². The van der Waals surface area contributed by atoms with E-state index in [9.17, 15) is 0 Å². The van der Waals surface area contributed by atoms with E-state index >= 15 is 0 Å². The van der Waals surface area contributed by atoms with Gasteiger partial charge in [0.15, 0.2) is 5.11 Å². The molecule has 80 valence electrons. The molecule has 15 heavy (non-hydrogen) atoms. The lowest BCUT2D eigenvalue weighted by Crippen LogP contribution is -2.45. The molecule has 0 spiro atoms. The fraction of sp³-hybridized carbons (Fsp3) is 0.364. The first-order chi connectivity index (χ1) is 6.98. The zero-order chi connectivity index (χ0) is 11.1. The van der Waals surface area contributed by atoms with Crippen LogP contribution in [-0.4, -0.2) is 10.8 Å². The van der Waals surface area contributed by atoms with Crippen molar-refractivity contribution in [1.82, 2.24) is 10.7 Å². The van der Waals surface area contributed by atoms with Crippen LogP contribution in [0.1, 0.15) is 19.4 Å². The average molecular weight is 221 g/mol. The van der Waals surface area contributed by atoms with E-state index < -0.39 is 0 Å². The van der Waals surface area contributed by atoms with Gasteiger partial charge in [-0.3, -0.25) is 5.01 Å². The molecule has 0 aromatic heterocycles. The fourth-order valence-corrected chi connectivity index (χ4v) is 1.96. The monoisotopic (exact) mass is 221 g/mol. The van der Waals surface area contributed by atoms with Crippen LogP contribution in [0.3, 0.4) is 0 Å². The van der Waals surface area contributed by atoms with Crippen LogP contribution < -0.4 is 15.8 Å². The first kappa shape index (κ1) is 10.4. The molecule has 3 nitrogen and oxygen atoms in total. The Bertz CT molecular complexity index is 383. The molecule has 0 atom stereocenters. The van der Waals surface area contributed by atoms with E-state index in [0.717, 1.165) is 5.69 Å². The van der Waals surface area contributed by atoms with Crippen molar-refractivity contribution in [3.05, 3.63) is 29.8 Å². The lowest BCUT2D eigenvalue weighted by atomic mass is 10.2. The molecule has 4 heteroatoms. The summed E-state index contributed by atoms with van der Waals surface area (Å²) >= 11 is 5.26. The first-order valence-electron chi connectivity index (χ1n) is 4.95. The zero-order valence-corrected chi connectivity index (χ0v) is 9.98. The first-order valence-corrected chi connectivity index (χ1v) is 5.35. The summed E-state index contributed by atoms with van der Waals surface area (Å²) in [6.45, 7) is 6.17. The SMILES string of the molecule is Cc1ccc(N2NC(C)(C)NC2=S)cc1. The Morgan fingerprint density at radius 3 is 2.27 bits per heavy atom. The Morgan fingerprint density at radius 1 is 1.20 bits per heavy atom. The fourth-order valence-electron chi connectivity index (χ4n) is 1.56. The third-order valence-corrected chi connectivity index (χ3v) is 2.59. The van der Waals surface area contributed by atoms with E-state index in [2.05, 4.69) is 41.9 Å². The zero-order valence-electron chi connectivity index (χ0n) is 9.16. The van der Waals surface area contributed by atoms with Crippen LogP contribution in [0.2, 0.25) is 0 Å². The molecule has 2 N–H and O–H groups in total. The van der Waals surface area contributed by atoms with Gasteiger partial charge in [0.1, 0.15) is 5.66 Å². The molecule has 1 saturated heterocycles. The number of nitrogens with one attached hydrogen (secondary N) is 2. The van der Waals surface area contributed by atoms with Crippen molar-refractivity contribution >= 4 is 23.0 Å². The minimum Gasteiger partial charge on any atom is -0.342 e. The highest BCUT2D eigenvalue weighted by Crippen LogP contribution is 2.19. The molecular weight excluding hydrogens is 206 g/mol. The molecule has 0 bridgehead atoms. The second kappa shape index (κ2) is 3.47. The number of rotatable bonds is 1. The van der Waals surface area contributed by atoms with Crippen molar-refractivity contribution in [2.45, 2.75) is 26.4 Å². The second-order valence-electron chi connectivity index (χ2n) is 4.34. The third kappa shape index (κ3) is 2.11. The largest absolute Gasteiger partial charge is 0.342 e. The van der Waals surface area contributed by atoms with E-state index in [0.29, 0.717) is 5.11 Å². The summed E-state index contributed by atoms with van der Waals surface area (Å²) in [5.74, 6) is 0. The summed E-state index contributed by atoms with van der Waals surface area (Å²) in [6.07, 6.45) is 0. The van der Waals surface area contributed by atoms with Crippen molar-refractivity contribution in [1.29, 1.82) is 0 Å². The smallest absolute Gasteiger partial charge is 0.189 e. The van der Waals surface area contributed by atoms with Crippen molar-refractivity contribution in [3.63, 3.8) is 0 Å². The number of hydrogen-bond acceptors (Lipinski definition) is 2. The summed E-state index contributed by atoms with van der Waals surface area (Å²) in [5.41, 5.74) is 5.42. The van der Waals surface area contributed by atoms with Crippen LogP contribution in [0, 0.1) is 6.92 Å². The standard InChI is InChI=1S/C11H15N3S/c1-8-4-6-9(7-5-8)14-10(15)12-11(2,3)13-14/h4-7,13H,1-3H3,(H,12,15). The van der Waals surface area contributed by atoms with Crippen LogP contribution >= 0.6 is 12.2 Å². The minimum absolute atomic E-state index is 0.179. The van der Waals surface area contributed by atoms with Crippen molar-refractivity contribution in [2.75, 3.05) is 5.01 Å². The molecule has 0 radical (unpaired) electrons. The quantitative estimate of drug-likeness (QED) is 0.709. The van der Waals surface area contributed by atoms with Gasteiger partial charge >= 0.3 is 0 Å². The Balaban J connectivity index is 2.25. The number of aryl methyl sites for hydroxylation is 1. The summed E-state index contributed by atoms with van der Waals surface area (Å²) in [5, 5.41) is 5.81. The predicted octanol–water partition coefficient (Wildman–Crippen LogP) is 1.93. The van der Waals surface area contributed by atoms with Gasteiger partial charge in [0.25, 0.3) is 0 Å². The molecule has 0 amide bonds. The molecule has 1 aliphatic heterocycles. The van der Waals surface area contributed by atoms with Crippen LogP contribution in [-0.2, 0) is 0 Å². The topological polar surface area (TPSA) is 27.3 Å². The maximum atomic E-state index is 5.26. The van der Waals surface area contributed by atoms with E-state index in [1.165, 1.54) is 5.56 Å². The van der Waals surface area contributed by atoms with Gasteiger partial charge in [-0.1, -0.05) is 17.7 Å². The number of benzene rings is 1. The number of anilines is 1. The molecule has 1 aliphatic rings. The van der Waals surface area contributed by atoms with Gasteiger partial charge in [0, 0.05) is 0 Å². The Morgan fingerprint density at radius 2 is 1.80 bits per heavy atom. The van der Waals surface area contributed by atoms with Gasteiger partial charge in [-0.25, -0.2) is 5.43 Å². The number of hydrazine groups is 1. The van der Waals surface area contributed by atoms with Crippen LogP contribution in [0.5, 0.6) is 0 Å². The average Bonchev–Trinajstić information content (AvgIpc) is 2.41. The highest BCUT2D eigenvalue weighted by atomic mass is 32.1. The number of nitrogens with zero attached hydrogens (tertiary/aromatic N) is 1. The summed E-state index contributed by atoms with van der Waals surface area (Å²) in [6, 6.07) is 8.26. The van der Waals surface area contributed by atoms with Crippen molar-refractivity contribution in [2.24, 2.45) is 0 Å². The molecule has 1 fully saturated rings. The lowest BCUT2D eigenvalue weighted by molar-refractivity contribution is 0.415. The Labute approximate surface area is 95.4 Å². The van der Waals surface area contributed by atoms with Crippen LogP contribution in [0.15, 0.2) is 24.3 Å². The Hall–Kier alpha value is -1.13.